The summed E-state index contributed by atoms with van der Waals surface area (Å²) >= 11 is 0. The summed E-state index contributed by atoms with van der Waals surface area (Å²) in [5.74, 6) is 0.303. The van der Waals surface area contributed by atoms with Crippen molar-refractivity contribution in [1.82, 2.24) is 0 Å². The second kappa shape index (κ2) is 6.32. The number of ketones is 1. The Bertz CT molecular complexity index is 951. The van der Waals surface area contributed by atoms with Crippen LogP contribution in [0.15, 0.2) is 69.9 Å². The van der Waals surface area contributed by atoms with Crippen molar-refractivity contribution in [2.75, 3.05) is 7.11 Å². The number of allylic oxidation sites excluding steroid dienone is 1. The van der Waals surface area contributed by atoms with Crippen molar-refractivity contribution >= 4 is 22.8 Å². The molecule has 0 unspecified atom stereocenters. The highest BCUT2D eigenvalue weighted by molar-refractivity contribution is 6.07. The van der Waals surface area contributed by atoms with Gasteiger partial charge in [0.25, 0.3) is 0 Å². The zero-order valence-electron chi connectivity index (χ0n) is 12.5. The number of rotatable bonds is 4. The monoisotopic (exact) mass is 306 g/mol. The van der Waals surface area contributed by atoms with Gasteiger partial charge in [0.15, 0.2) is 5.78 Å². The van der Waals surface area contributed by atoms with Crippen LogP contribution in [0, 0.1) is 0 Å². The Morgan fingerprint density at radius 3 is 2.74 bits per heavy atom. The summed E-state index contributed by atoms with van der Waals surface area (Å²) in [5, 5.41) is 0.713. The smallest absolute Gasteiger partial charge is 0.347 e. The molecule has 0 spiro atoms. The Hall–Kier alpha value is -3.14. The SMILES string of the molecule is COc1cccc(C=CC(=O)c2cc3ccccc3oc2=O)c1. The van der Waals surface area contributed by atoms with E-state index in [-0.39, 0.29) is 5.56 Å². The summed E-state index contributed by atoms with van der Waals surface area (Å²) < 4.78 is 10.3. The molecule has 1 aromatic heterocycles. The van der Waals surface area contributed by atoms with Gasteiger partial charge in [-0.3, -0.25) is 4.79 Å². The van der Waals surface area contributed by atoms with Gasteiger partial charge in [-0.25, -0.2) is 4.79 Å². The summed E-state index contributed by atoms with van der Waals surface area (Å²) in [5.41, 5.74) is 0.653. The number of hydrogen-bond acceptors (Lipinski definition) is 4. The van der Waals surface area contributed by atoms with Crippen LogP contribution in [0.3, 0.4) is 0 Å². The van der Waals surface area contributed by atoms with Crippen molar-refractivity contribution in [2.24, 2.45) is 0 Å². The fourth-order valence-electron chi connectivity index (χ4n) is 2.24. The molecule has 0 aliphatic carbocycles. The molecular weight excluding hydrogens is 292 g/mol. The molecule has 3 aromatic rings. The lowest BCUT2D eigenvalue weighted by Gasteiger charge is -2.00. The standard InChI is InChI=1S/C19H14O4/c1-22-15-7-4-5-13(11-15)9-10-17(20)16-12-14-6-2-3-8-18(14)23-19(16)21/h2-12H,1H3. The summed E-state index contributed by atoms with van der Waals surface area (Å²) in [7, 11) is 1.58. The number of hydrogen-bond donors (Lipinski definition) is 0. The Balaban J connectivity index is 1.92. The molecule has 0 atom stereocenters. The lowest BCUT2D eigenvalue weighted by molar-refractivity contribution is 0.104. The molecule has 4 heteroatoms. The molecule has 3 rings (SSSR count). The number of carbonyl (C=O) groups excluding carboxylic acids is 1. The molecule has 0 bridgehead atoms. The number of para-hydroxylation sites is 1. The Kier molecular flexibility index (Phi) is 4.06. The van der Waals surface area contributed by atoms with Gasteiger partial charge in [0.2, 0.25) is 0 Å². The number of carbonyl (C=O) groups is 1. The predicted molar refractivity (Wildman–Crippen MR) is 88.8 cm³/mol. The largest absolute Gasteiger partial charge is 0.497 e. The summed E-state index contributed by atoms with van der Waals surface area (Å²) in [6, 6.07) is 15.9. The summed E-state index contributed by atoms with van der Waals surface area (Å²) in [6.07, 6.45) is 3.00. The van der Waals surface area contributed by atoms with Crippen LogP contribution >= 0.6 is 0 Å². The van der Waals surface area contributed by atoms with Gasteiger partial charge in [-0.2, -0.15) is 0 Å². The first kappa shape index (κ1) is 14.8. The number of ether oxygens (including phenoxy) is 1. The molecule has 4 nitrogen and oxygen atoms in total. The molecule has 23 heavy (non-hydrogen) atoms. The van der Waals surface area contributed by atoms with Crippen LogP contribution in [-0.2, 0) is 0 Å². The minimum atomic E-state index is -0.635. The van der Waals surface area contributed by atoms with Gasteiger partial charge < -0.3 is 9.15 Å². The lowest BCUT2D eigenvalue weighted by atomic mass is 10.1. The minimum Gasteiger partial charge on any atom is -0.497 e. The Labute approximate surface area is 132 Å². The summed E-state index contributed by atoms with van der Waals surface area (Å²) in [6.45, 7) is 0. The third-order valence-electron chi connectivity index (χ3n) is 3.43. The van der Waals surface area contributed by atoms with Crippen LogP contribution in [0.5, 0.6) is 5.75 Å². The maximum Gasteiger partial charge on any atom is 0.347 e. The molecule has 0 saturated carbocycles. The van der Waals surface area contributed by atoms with Crippen molar-refractivity contribution in [1.29, 1.82) is 0 Å². The van der Waals surface area contributed by atoms with Gasteiger partial charge in [-0.1, -0.05) is 36.4 Å². The van der Waals surface area contributed by atoms with Gasteiger partial charge in [-0.15, -0.1) is 0 Å². The van der Waals surface area contributed by atoms with Crippen molar-refractivity contribution < 1.29 is 13.9 Å². The molecule has 0 aliphatic rings. The number of fused-ring (bicyclic) bond motifs is 1. The van der Waals surface area contributed by atoms with Crippen LogP contribution in [-0.4, -0.2) is 12.9 Å². The quantitative estimate of drug-likeness (QED) is 0.419. The van der Waals surface area contributed by atoms with Crippen LogP contribution in [0.4, 0.5) is 0 Å². The van der Waals surface area contributed by atoms with Crippen molar-refractivity contribution in [3.05, 3.63) is 82.2 Å². The second-order valence-corrected chi connectivity index (χ2v) is 4.96. The topological polar surface area (TPSA) is 56.5 Å². The second-order valence-electron chi connectivity index (χ2n) is 4.96. The van der Waals surface area contributed by atoms with Crippen molar-refractivity contribution in [3.8, 4) is 5.75 Å². The van der Waals surface area contributed by atoms with Crippen LogP contribution < -0.4 is 10.4 Å². The van der Waals surface area contributed by atoms with Crippen LogP contribution in [0.2, 0.25) is 0 Å². The fourth-order valence-corrected chi connectivity index (χ4v) is 2.24. The van der Waals surface area contributed by atoms with E-state index in [0.29, 0.717) is 16.7 Å². The van der Waals surface area contributed by atoms with Crippen molar-refractivity contribution in [3.63, 3.8) is 0 Å². The average molecular weight is 306 g/mol. The van der Waals surface area contributed by atoms with Crippen LogP contribution in [0.25, 0.3) is 17.0 Å². The van der Waals surface area contributed by atoms with Gasteiger partial charge in [-0.05, 0) is 35.9 Å². The van der Waals surface area contributed by atoms with E-state index in [0.717, 1.165) is 5.56 Å². The van der Waals surface area contributed by atoms with Crippen molar-refractivity contribution in [2.45, 2.75) is 0 Å². The Morgan fingerprint density at radius 2 is 1.91 bits per heavy atom. The van der Waals surface area contributed by atoms with E-state index in [2.05, 4.69) is 0 Å². The van der Waals surface area contributed by atoms with Gasteiger partial charge in [0, 0.05) is 5.39 Å². The van der Waals surface area contributed by atoms with E-state index in [1.54, 1.807) is 43.5 Å². The molecular formula is C19H14O4. The maximum absolute atomic E-state index is 12.3. The molecule has 0 aliphatic heterocycles. The molecule has 0 radical (unpaired) electrons. The highest BCUT2D eigenvalue weighted by Gasteiger charge is 2.10. The number of methoxy groups -OCH3 is 1. The molecule has 0 fully saturated rings. The van der Waals surface area contributed by atoms with Gasteiger partial charge >= 0.3 is 5.63 Å². The molecule has 0 N–H and O–H groups in total. The highest BCUT2D eigenvalue weighted by Crippen LogP contribution is 2.15. The lowest BCUT2D eigenvalue weighted by Crippen LogP contribution is -2.11. The normalized spacial score (nSPS) is 11.0. The van der Waals surface area contributed by atoms with E-state index in [4.69, 9.17) is 9.15 Å². The first-order valence-electron chi connectivity index (χ1n) is 7.07. The van der Waals surface area contributed by atoms with Gasteiger partial charge in [0.1, 0.15) is 16.9 Å². The zero-order chi connectivity index (χ0) is 16.2. The molecule has 0 saturated heterocycles. The minimum absolute atomic E-state index is 0.0165. The molecule has 1 heterocycles. The van der Waals surface area contributed by atoms with E-state index in [1.165, 1.54) is 6.08 Å². The third kappa shape index (κ3) is 3.21. The fraction of sp³-hybridized carbons (Fsp3) is 0.0526. The van der Waals surface area contributed by atoms with Gasteiger partial charge in [0.05, 0.1) is 7.11 Å². The maximum atomic E-state index is 12.3. The summed E-state index contributed by atoms with van der Waals surface area (Å²) in [4.78, 5) is 24.2. The molecule has 2 aromatic carbocycles. The first-order chi connectivity index (χ1) is 11.2. The zero-order valence-corrected chi connectivity index (χ0v) is 12.5. The molecule has 0 amide bonds. The Morgan fingerprint density at radius 1 is 1.09 bits per heavy atom. The average Bonchev–Trinajstić information content (AvgIpc) is 2.59. The predicted octanol–water partition coefficient (Wildman–Crippen LogP) is 3.70. The number of benzene rings is 2. The third-order valence-corrected chi connectivity index (χ3v) is 3.43. The first-order valence-corrected chi connectivity index (χ1v) is 7.07. The van der Waals surface area contributed by atoms with E-state index in [9.17, 15) is 9.59 Å². The van der Waals surface area contributed by atoms with E-state index in [1.807, 2.05) is 24.3 Å². The van der Waals surface area contributed by atoms with E-state index >= 15 is 0 Å². The van der Waals surface area contributed by atoms with Crippen LogP contribution in [0.1, 0.15) is 15.9 Å². The van der Waals surface area contributed by atoms with E-state index < -0.39 is 11.4 Å². The highest BCUT2D eigenvalue weighted by atomic mass is 16.5. The molecule has 114 valence electrons.